The lowest BCUT2D eigenvalue weighted by atomic mass is 9.78. The summed E-state index contributed by atoms with van der Waals surface area (Å²) in [6, 6.07) is 20.7. The van der Waals surface area contributed by atoms with Crippen LogP contribution in [0.1, 0.15) is 49.9 Å². The van der Waals surface area contributed by atoms with Crippen molar-refractivity contribution in [2.75, 3.05) is 31.8 Å². The molecule has 1 saturated heterocycles. The molecule has 0 saturated carbocycles. The van der Waals surface area contributed by atoms with Gasteiger partial charge in [0.05, 0.1) is 31.7 Å². The number of carbonyl (C=O) groups is 2. The number of amides is 3. The van der Waals surface area contributed by atoms with E-state index in [9.17, 15) is 9.59 Å². The average Bonchev–Trinajstić information content (AvgIpc) is 3.46. The Morgan fingerprint density at radius 1 is 0.975 bits per heavy atom. The van der Waals surface area contributed by atoms with Crippen molar-refractivity contribution in [3.05, 3.63) is 83.6 Å². The number of ether oxygens (including phenoxy) is 3. The summed E-state index contributed by atoms with van der Waals surface area (Å²) < 4.78 is 17.2. The quantitative estimate of drug-likeness (QED) is 0.270. The number of H-pyrrole nitrogens is 1. The van der Waals surface area contributed by atoms with Gasteiger partial charge in [-0.1, -0.05) is 31.2 Å². The van der Waals surface area contributed by atoms with E-state index in [4.69, 9.17) is 14.2 Å². The maximum Gasteiger partial charge on any atom is 0.332 e. The van der Waals surface area contributed by atoms with Gasteiger partial charge in [-0.25, -0.2) is 9.69 Å². The van der Waals surface area contributed by atoms with Crippen LogP contribution in [0.4, 0.5) is 10.5 Å². The van der Waals surface area contributed by atoms with Gasteiger partial charge in [0.15, 0.2) is 17.0 Å². The molecule has 2 atom stereocenters. The molecule has 1 N–H and O–H groups in total. The fourth-order valence-corrected chi connectivity index (χ4v) is 5.99. The van der Waals surface area contributed by atoms with Crippen LogP contribution in [0.15, 0.2) is 66.7 Å². The SMILES string of the molecule is CCCOc1ccc([C@H]2CN3C(=O)N(c4ccc(OC)cc4)C(=O)[C@]3(C)c3[nH]c4ccccc4c32)cc1OCC. The lowest BCUT2D eigenvalue weighted by molar-refractivity contribution is -0.125. The molecule has 3 amide bonds. The molecule has 4 aromatic rings. The smallest absolute Gasteiger partial charge is 0.332 e. The number of methoxy groups -OCH3 is 1. The Morgan fingerprint density at radius 2 is 1.75 bits per heavy atom. The number of nitrogens with zero attached hydrogens (tertiary/aromatic N) is 2. The summed E-state index contributed by atoms with van der Waals surface area (Å²) in [5.74, 6) is 1.55. The number of nitrogens with one attached hydrogen (secondary N) is 1. The highest BCUT2D eigenvalue weighted by molar-refractivity contribution is 6.23. The first-order valence-corrected chi connectivity index (χ1v) is 13.7. The number of fused-ring (bicyclic) bond motifs is 5. The Morgan fingerprint density at radius 3 is 2.48 bits per heavy atom. The van der Waals surface area contributed by atoms with Crippen LogP contribution in [0, 0.1) is 0 Å². The van der Waals surface area contributed by atoms with Crippen molar-refractivity contribution in [1.82, 2.24) is 9.88 Å². The molecule has 2 aliphatic heterocycles. The molecule has 3 aromatic carbocycles. The van der Waals surface area contributed by atoms with Crippen LogP contribution in [-0.4, -0.2) is 48.7 Å². The number of rotatable bonds is 8. The molecule has 1 aromatic heterocycles. The van der Waals surface area contributed by atoms with Gasteiger partial charge in [0, 0.05) is 23.4 Å². The summed E-state index contributed by atoms with van der Waals surface area (Å²) in [5.41, 5.74) is 3.01. The van der Waals surface area contributed by atoms with Gasteiger partial charge in [-0.2, -0.15) is 0 Å². The summed E-state index contributed by atoms with van der Waals surface area (Å²) in [5, 5.41) is 1.04. The predicted molar refractivity (Wildman–Crippen MR) is 153 cm³/mol. The third-order valence-corrected chi connectivity index (χ3v) is 7.99. The summed E-state index contributed by atoms with van der Waals surface area (Å²) in [4.78, 5) is 34.7. The lowest BCUT2D eigenvalue weighted by Gasteiger charge is -2.40. The van der Waals surface area contributed by atoms with Crippen LogP contribution < -0.4 is 19.1 Å². The number of imide groups is 1. The fraction of sp³-hybridized carbons (Fsp3) is 0.312. The van der Waals surface area contributed by atoms with Gasteiger partial charge in [0.25, 0.3) is 5.91 Å². The van der Waals surface area contributed by atoms with Crippen LogP contribution in [-0.2, 0) is 10.3 Å². The molecule has 0 bridgehead atoms. The highest BCUT2D eigenvalue weighted by atomic mass is 16.5. The maximum atomic E-state index is 14.2. The van der Waals surface area contributed by atoms with Crippen molar-refractivity contribution in [2.45, 2.75) is 38.6 Å². The van der Waals surface area contributed by atoms with E-state index in [-0.39, 0.29) is 17.9 Å². The molecule has 0 radical (unpaired) electrons. The van der Waals surface area contributed by atoms with Crippen LogP contribution in [0.3, 0.4) is 0 Å². The topological polar surface area (TPSA) is 84.1 Å². The molecular weight excluding hydrogens is 506 g/mol. The van der Waals surface area contributed by atoms with E-state index in [2.05, 4.69) is 18.0 Å². The van der Waals surface area contributed by atoms with Crippen molar-refractivity contribution in [1.29, 1.82) is 0 Å². The van der Waals surface area contributed by atoms with Crippen molar-refractivity contribution >= 4 is 28.5 Å². The lowest BCUT2D eigenvalue weighted by Crippen LogP contribution is -2.50. The predicted octanol–water partition coefficient (Wildman–Crippen LogP) is 6.19. The van der Waals surface area contributed by atoms with E-state index in [1.807, 2.05) is 50.2 Å². The number of anilines is 1. The molecule has 40 heavy (non-hydrogen) atoms. The molecule has 0 spiro atoms. The van der Waals surface area contributed by atoms with E-state index in [0.29, 0.717) is 42.7 Å². The number of hydrogen-bond donors (Lipinski definition) is 1. The standard InChI is InChI=1S/C32H33N3O5/c1-5-17-40-26-16-11-20(18-27(26)39-6-2)24-19-34-31(37)35(21-12-14-22(38-4)15-13-21)30(36)32(34,3)29-28(24)23-9-7-8-10-25(23)33-29/h7-16,18,24,33H,5-6,17,19H2,1-4H3/t24-,32+/m1/s1. The van der Waals surface area contributed by atoms with Crippen molar-refractivity contribution in [2.24, 2.45) is 0 Å². The Labute approximate surface area is 233 Å². The molecule has 2 aliphatic rings. The summed E-state index contributed by atoms with van der Waals surface area (Å²) in [6.45, 7) is 7.29. The van der Waals surface area contributed by atoms with Gasteiger partial charge >= 0.3 is 6.03 Å². The molecule has 0 unspecified atom stereocenters. The molecule has 6 rings (SSSR count). The zero-order valence-electron chi connectivity index (χ0n) is 23.2. The van der Waals surface area contributed by atoms with Gasteiger partial charge in [-0.15, -0.1) is 0 Å². The Bertz CT molecular complexity index is 1590. The van der Waals surface area contributed by atoms with Crippen molar-refractivity contribution in [3.8, 4) is 17.2 Å². The second-order valence-corrected chi connectivity index (χ2v) is 10.3. The number of carbonyl (C=O) groups excluding carboxylic acids is 2. The van der Waals surface area contributed by atoms with E-state index in [1.165, 1.54) is 4.90 Å². The number of hydrogen-bond acceptors (Lipinski definition) is 5. The van der Waals surface area contributed by atoms with Gasteiger partial charge < -0.3 is 24.1 Å². The van der Waals surface area contributed by atoms with Gasteiger partial charge in [0.1, 0.15) is 5.75 Å². The van der Waals surface area contributed by atoms with Crippen LogP contribution in [0.25, 0.3) is 10.9 Å². The molecule has 0 aliphatic carbocycles. The van der Waals surface area contributed by atoms with Gasteiger partial charge in [0.2, 0.25) is 0 Å². The number of aromatic nitrogens is 1. The second-order valence-electron chi connectivity index (χ2n) is 10.3. The third-order valence-electron chi connectivity index (χ3n) is 7.99. The third kappa shape index (κ3) is 3.81. The van der Waals surface area contributed by atoms with Crippen LogP contribution in [0.2, 0.25) is 0 Å². The van der Waals surface area contributed by atoms with E-state index < -0.39 is 5.54 Å². The first-order valence-electron chi connectivity index (χ1n) is 13.7. The molecule has 3 heterocycles. The van der Waals surface area contributed by atoms with Crippen molar-refractivity contribution < 1.29 is 23.8 Å². The van der Waals surface area contributed by atoms with Crippen LogP contribution >= 0.6 is 0 Å². The van der Waals surface area contributed by atoms with Gasteiger partial charge in [-0.05, 0) is 73.9 Å². The zero-order valence-corrected chi connectivity index (χ0v) is 23.2. The zero-order chi connectivity index (χ0) is 28.0. The highest BCUT2D eigenvalue weighted by Crippen LogP contribution is 2.51. The molecule has 8 nitrogen and oxygen atoms in total. The molecule has 206 valence electrons. The van der Waals surface area contributed by atoms with Gasteiger partial charge in [-0.3, -0.25) is 4.79 Å². The minimum atomic E-state index is -1.19. The monoisotopic (exact) mass is 539 g/mol. The largest absolute Gasteiger partial charge is 0.497 e. The maximum absolute atomic E-state index is 14.2. The number of para-hydroxylation sites is 1. The minimum Gasteiger partial charge on any atom is -0.497 e. The summed E-state index contributed by atoms with van der Waals surface area (Å²) in [7, 11) is 1.58. The summed E-state index contributed by atoms with van der Waals surface area (Å²) in [6.07, 6.45) is 0.892. The number of urea groups is 1. The Kier molecular flexibility index (Phi) is 6.41. The minimum absolute atomic E-state index is 0.189. The first-order chi connectivity index (χ1) is 19.4. The molecule has 8 heteroatoms. The second kappa shape index (κ2) is 9.93. The number of benzene rings is 3. The first kappa shape index (κ1) is 25.8. The molecule has 1 fully saturated rings. The van der Waals surface area contributed by atoms with Crippen LogP contribution in [0.5, 0.6) is 17.2 Å². The highest BCUT2D eigenvalue weighted by Gasteiger charge is 2.60. The Balaban J connectivity index is 1.50. The fourth-order valence-electron chi connectivity index (χ4n) is 5.99. The van der Waals surface area contributed by atoms with E-state index in [1.54, 1.807) is 36.3 Å². The van der Waals surface area contributed by atoms with Crippen molar-refractivity contribution in [3.63, 3.8) is 0 Å². The van der Waals surface area contributed by atoms with E-state index in [0.717, 1.165) is 34.1 Å². The van der Waals surface area contributed by atoms with E-state index >= 15 is 0 Å². The Hall–Kier alpha value is -4.46. The normalized spacial score (nSPS) is 20.1. The summed E-state index contributed by atoms with van der Waals surface area (Å²) >= 11 is 0. The molecular formula is C32H33N3O5. The number of aromatic amines is 1. The average molecular weight is 540 g/mol.